The number of nitrogens with one attached hydrogen (secondary N) is 1. The summed E-state index contributed by atoms with van der Waals surface area (Å²) in [4.78, 5) is -0.215. The molecule has 1 aliphatic carbocycles. The molecule has 1 atom stereocenters. The van der Waals surface area contributed by atoms with Crippen molar-refractivity contribution >= 4 is 20.0 Å². The Morgan fingerprint density at radius 2 is 1.48 bits per heavy atom. The Labute approximate surface area is 179 Å². The highest BCUT2D eigenvalue weighted by Crippen LogP contribution is 2.42. The number of nitrogens with zero attached hydrogens (tertiary/aromatic N) is 1. The number of hydrogen-bond donors (Lipinski definition) is 1. The minimum atomic E-state index is -4.60. The van der Waals surface area contributed by atoms with Crippen LogP contribution in [0, 0.1) is 0 Å². The summed E-state index contributed by atoms with van der Waals surface area (Å²) in [7, 11) is -7.86. The van der Waals surface area contributed by atoms with Gasteiger partial charge in [0.25, 0.3) is 0 Å². The zero-order valence-electron chi connectivity index (χ0n) is 16.3. The predicted octanol–water partition coefficient (Wildman–Crippen LogP) is 3.67. The van der Waals surface area contributed by atoms with Crippen LogP contribution in [0.1, 0.15) is 42.9 Å². The average Bonchev–Trinajstić information content (AvgIpc) is 3.37. The normalized spacial score (nSPS) is 20.8. The van der Waals surface area contributed by atoms with E-state index in [9.17, 15) is 30.0 Å². The maximum absolute atomic E-state index is 13.5. The van der Waals surface area contributed by atoms with Crippen molar-refractivity contribution in [1.29, 1.82) is 0 Å². The largest absolute Gasteiger partial charge is 0.416 e. The average molecular weight is 475 g/mol. The van der Waals surface area contributed by atoms with Crippen molar-refractivity contribution in [2.75, 3.05) is 6.54 Å². The molecular weight excluding hydrogens is 453 g/mol. The van der Waals surface area contributed by atoms with Gasteiger partial charge >= 0.3 is 6.18 Å². The van der Waals surface area contributed by atoms with Crippen LogP contribution in [0.25, 0.3) is 0 Å². The number of halogens is 3. The van der Waals surface area contributed by atoms with Gasteiger partial charge in [0.1, 0.15) is 0 Å². The quantitative estimate of drug-likeness (QED) is 0.693. The Morgan fingerprint density at radius 1 is 0.871 bits per heavy atom. The smallest absolute Gasteiger partial charge is 0.208 e. The molecule has 1 saturated heterocycles. The number of benzene rings is 2. The summed E-state index contributed by atoms with van der Waals surface area (Å²) in [5.41, 5.74) is -0.932. The fourth-order valence-electron chi connectivity index (χ4n) is 3.80. The van der Waals surface area contributed by atoms with Crippen LogP contribution >= 0.6 is 0 Å². The summed E-state index contributed by atoms with van der Waals surface area (Å²) in [6, 6.07) is 8.72. The van der Waals surface area contributed by atoms with Crippen molar-refractivity contribution in [1.82, 2.24) is 9.03 Å². The van der Waals surface area contributed by atoms with Gasteiger partial charge in [0.05, 0.1) is 21.4 Å². The lowest BCUT2D eigenvalue weighted by Gasteiger charge is -2.26. The molecule has 0 amide bonds. The van der Waals surface area contributed by atoms with Gasteiger partial charge in [-0.25, -0.2) is 21.6 Å². The van der Waals surface area contributed by atoms with E-state index >= 15 is 0 Å². The van der Waals surface area contributed by atoms with Crippen LogP contribution < -0.4 is 4.72 Å². The third-order valence-electron chi connectivity index (χ3n) is 5.47. The highest BCUT2D eigenvalue weighted by atomic mass is 32.2. The van der Waals surface area contributed by atoms with Gasteiger partial charge in [-0.1, -0.05) is 18.2 Å². The summed E-state index contributed by atoms with van der Waals surface area (Å²) >= 11 is 0. The molecule has 6 nitrogen and oxygen atoms in total. The van der Waals surface area contributed by atoms with Crippen molar-refractivity contribution in [2.24, 2.45) is 0 Å². The maximum Gasteiger partial charge on any atom is 0.416 e. The predicted molar refractivity (Wildman–Crippen MR) is 107 cm³/mol. The van der Waals surface area contributed by atoms with Crippen LogP contribution in [0.4, 0.5) is 13.2 Å². The number of sulfonamides is 2. The van der Waals surface area contributed by atoms with Gasteiger partial charge in [0.2, 0.25) is 20.0 Å². The molecule has 4 rings (SSSR count). The molecule has 0 spiro atoms. The van der Waals surface area contributed by atoms with Crippen LogP contribution in [0.2, 0.25) is 0 Å². The van der Waals surface area contributed by atoms with Crippen molar-refractivity contribution in [3.8, 4) is 0 Å². The van der Waals surface area contributed by atoms with E-state index in [1.165, 1.54) is 42.5 Å². The second kappa shape index (κ2) is 7.88. The molecule has 0 radical (unpaired) electrons. The highest BCUT2D eigenvalue weighted by Gasteiger charge is 2.41. The zero-order chi connectivity index (χ0) is 22.4. The first kappa shape index (κ1) is 22.3. The molecule has 1 saturated carbocycles. The lowest BCUT2D eigenvalue weighted by atomic mass is 9.99. The fourth-order valence-corrected chi connectivity index (χ4v) is 6.78. The third kappa shape index (κ3) is 4.50. The maximum atomic E-state index is 13.5. The van der Waals surface area contributed by atoms with Gasteiger partial charge < -0.3 is 0 Å². The van der Waals surface area contributed by atoms with E-state index in [4.69, 9.17) is 0 Å². The van der Waals surface area contributed by atoms with Gasteiger partial charge in [-0.2, -0.15) is 17.5 Å². The topological polar surface area (TPSA) is 83.5 Å². The number of alkyl halides is 3. The monoisotopic (exact) mass is 474 g/mol. The summed E-state index contributed by atoms with van der Waals surface area (Å²) in [6.45, 7) is 0.0858. The lowest BCUT2D eigenvalue weighted by molar-refractivity contribution is -0.138. The third-order valence-corrected chi connectivity index (χ3v) is 8.93. The zero-order valence-corrected chi connectivity index (χ0v) is 18.0. The van der Waals surface area contributed by atoms with Gasteiger partial charge in [0.15, 0.2) is 0 Å². The van der Waals surface area contributed by atoms with Crippen LogP contribution in [0.5, 0.6) is 0 Å². The molecule has 1 aliphatic heterocycles. The Morgan fingerprint density at radius 3 is 2.10 bits per heavy atom. The molecule has 1 N–H and O–H groups in total. The summed E-state index contributed by atoms with van der Waals surface area (Å²) in [6.07, 6.45) is -2.37. The second-order valence-corrected chi connectivity index (χ2v) is 11.3. The van der Waals surface area contributed by atoms with E-state index in [0.717, 1.165) is 23.2 Å². The molecule has 31 heavy (non-hydrogen) atoms. The summed E-state index contributed by atoms with van der Waals surface area (Å²) in [5.74, 6) is 0. The molecule has 0 aromatic heterocycles. The Bertz CT molecular complexity index is 1180. The molecule has 0 bridgehead atoms. The first-order chi connectivity index (χ1) is 14.5. The molecule has 168 valence electrons. The standard InChI is InChI=1S/C20H21F3N2O4S2/c21-20(22,23)18-5-2-1-4-17(18)19-6-3-13-25(19)31(28,29)16-11-9-15(10-12-16)30(26,27)24-14-7-8-14/h1-2,4-5,9-12,14,19,24H,3,6-8,13H2. The van der Waals surface area contributed by atoms with Gasteiger partial charge in [0, 0.05) is 12.6 Å². The molecular formula is C20H21F3N2O4S2. The first-order valence-electron chi connectivity index (χ1n) is 9.80. The van der Waals surface area contributed by atoms with Crippen molar-refractivity contribution in [3.63, 3.8) is 0 Å². The van der Waals surface area contributed by atoms with E-state index < -0.39 is 37.8 Å². The van der Waals surface area contributed by atoms with Gasteiger partial charge in [-0.15, -0.1) is 0 Å². The minimum absolute atomic E-state index is 0.0567. The van der Waals surface area contributed by atoms with Gasteiger partial charge in [-0.3, -0.25) is 0 Å². The van der Waals surface area contributed by atoms with E-state index in [1.54, 1.807) is 0 Å². The van der Waals surface area contributed by atoms with Crippen molar-refractivity contribution < 1.29 is 30.0 Å². The van der Waals surface area contributed by atoms with E-state index in [-0.39, 0.29) is 34.4 Å². The van der Waals surface area contributed by atoms with Crippen LogP contribution in [-0.4, -0.2) is 33.7 Å². The molecule has 2 fully saturated rings. The number of rotatable bonds is 6. The van der Waals surface area contributed by atoms with Crippen molar-refractivity contribution in [2.45, 2.75) is 53.7 Å². The Hall–Kier alpha value is -1.95. The van der Waals surface area contributed by atoms with Crippen molar-refractivity contribution in [3.05, 3.63) is 59.7 Å². The number of hydrogen-bond acceptors (Lipinski definition) is 4. The van der Waals surface area contributed by atoms with Crippen LogP contribution in [0.3, 0.4) is 0 Å². The molecule has 2 aromatic rings. The second-order valence-electron chi connectivity index (χ2n) is 7.73. The Kier molecular flexibility index (Phi) is 5.65. The van der Waals surface area contributed by atoms with Gasteiger partial charge in [-0.05, 0) is 61.6 Å². The molecule has 2 aromatic carbocycles. The minimum Gasteiger partial charge on any atom is -0.208 e. The highest BCUT2D eigenvalue weighted by molar-refractivity contribution is 7.89. The summed E-state index contributed by atoms with van der Waals surface area (Å²) < 4.78 is 95.0. The van der Waals surface area contributed by atoms with E-state index in [0.29, 0.717) is 6.42 Å². The Balaban J connectivity index is 1.64. The molecule has 1 heterocycles. The summed E-state index contributed by atoms with van der Waals surface area (Å²) in [5, 5.41) is 0. The molecule has 11 heteroatoms. The van der Waals surface area contributed by atoms with Crippen LogP contribution in [0.15, 0.2) is 58.3 Å². The lowest BCUT2D eigenvalue weighted by Crippen LogP contribution is -2.32. The SMILES string of the molecule is O=S(=O)(NC1CC1)c1ccc(S(=O)(=O)N2CCCC2c2ccccc2C(F)(F)F)cc1. The fraction of sp³-hybridized carbons (Fsp3) is 0.400. The van der Waals surface area contributed by atoms with E-state index in [1.807, 2.05) is 0 Å². The molecule has 2 aliphatic rings. The van der Waals surface area contributed by atoms with Crippen LogP contribution in [-0.2, 0) is 26.2 Å². The molecule has 1 unspecified atom stereocenters. The van der Waals surface area contributed by atoms with E-state index in [2.05, 4.69) is 4.72 Å². The first-order valence-corrected chi connectivity index (χ1v) is 12.7.